The molecule has 0 radical (unpaired) electrons. The summed E-state index contributed by atoms with van der Waals surface area (Å²) < 4.78 is 1.29. The fourth-order valence-corrected chi connectivity index (χ4v) is 2.72. The lowest BCUT2D eigenvalue weighted by molar-refractivity contribution is -0.137. The largest absolute Gasteiger partial charge is 0.363 e. The first-order valence-electron chi connectivity index (χ1n) is 8.33. The van der Waals surface area contributed by atoms with Gasteiger partial charge in [0.2, 0.25) is 5.78 Å². The van der Waals surface area contributed by atoms with Crippen molar-refractivity contribution < 1.29 is 14.4 Å². The lowest BCUT2D eigenvalue weighted by Gasteiger charge is -2.17. The van der Waals surface area contributed by atoms with Crippen LogP contribution >= 0.6 is 0 Å². The molecule has 2 amide bonds. The number of amides is 2. The molecule has 0 aliphatic rings. The number of hydrogen-bond donors (Lipinski definition) is 2. The zero-order valence-corrected chi connectivity index (χ0v) is 14.4. The number of ketones is 1. The summed E-state index contributed by atoms with van der Waals surface area (Å²) in [4.78, 5) is 40.5. The zero-order chi connectivity index (χ0) is 19.2. The van der Waals surface area contributed by atoms with Gasteiger partial charge in [-0.1, -0.05) is 60.7 Å². The van der Waals surface area contributed by atoms with Gasteiger partial charge in [0.1, 0.15) is 11.9 Å². The second kappa shape index (κ2) is 8.09. The lowest BCUT2D eigenvalue weighted by atomic mass is 10.0. The normalized spacial score (nSPS) is 11.6. The van der Waals surface area contributed by atoms with Gasteiger partial charge in [0.05, 0.1) is 0 Å². The van der Waals surface area contributed by atoms with Gasteiger partial charge in [-0.15, -0.1) is 0 Å². The smallest absolute Gasteiger partial charge is 0.327 e. The summed E-state index contributed by atoms with van der Waals surface area (Å²) in [5, 5.41) is 2.59. The molecule has 0 bridgehead atoms. The quantitative estimate of drug-likeness (QED) is 0.652. The van der Waals surface area contributed by atoms with E-state index in [0.717, 1.165) is 11.1 Å². The number of hydrogen-bond acceptors (Lipinski definition) is 4. The lowest BCUT2D eigenvalue weighted by Crippen LogP contribution is -2.48. The molecule has 1 aromatic heterocycles. The Labute approximate surface area is 155 Å². The first kappa shape index (κ1) is 18.1. The molecule has 0 saturated carbocycles. The van der Waals surface area contributed by atoms with E-state index < -0.39 is 23.8 Å². The van der Waals surface area contributed by atoms with Crippen LogP contribution in [0.15, 0.2) is 73.1 Å². The van der Waals surface area contributed by atoms with Crippen molar-refractivity contribution >= 4 is 17.7 Å². The number of benzene rings is 2. The van der Waals surface area contributed by atoms with Crippen molar-refractivity contribution in [1.29, 1.82) is 0 Å². The molecule has 0 fully saturated rings. The molecule has 0 aliphatic carbocycles. The molecule has 0 saturated heterocycles. The van der Waals surface area contributed by atoms with E-state index in [9.17, 15) is 14.4 Å². The molecule has 1 heterocycles. The van der Waals surface area contributed by atoms with Crippen LogP contribution in [0.1, 0.15) is 5.56 Å². The Morgan fingerprint density at radius 1 is 1.00 bits per heavy atom. The van der Waals surface area contributed by atoms with Crippen molar-refractivity contribution in [2.45, 2.75) is 12.5 Å². The van der Waals surface area contributed by atoms with Crippen LogP contribution in [0.3, 0.4) is 0 Å². The van der Waals surface area contributed by atoms with E-state index in [1.807, 2.05) is 48.5 Å². The van der Waals surface area contributed by atoms with Crippen LogP contribution in [0.5, 0.6) is 0 Å². The highest BCUT2D eigenvalue weighted by Gasteiger charge is 2.26. The SMILES string of the molecule is NC(=O)C(=O)C(Cc1ccccc1)NC(=O)n1ccnc1-c1ccccc1. The number of nitrogens with two attached hydrogens (primary N) is 1. The standard InChI is InChI=1S/C20H18N4O3/c21-18(26)17(25)16(13-14-7-3-1-4-8-14)23-20(27)24-12-11-22-19(24)15-9-5-2-6-10-15/h1-12,16H,13H2,(H2,21,26)(H,23,27). The molecule has 0 spiro atoms. The second-order valence-corrected chi connectivity index (χ2v) is 5.91. The second-order valence-electron chi connectivity index (χ2n) is 5.91. The van der Waals surface area contributed by atoms with E-state index in [1.54, 1.807) is 12.1 Å². The Morgan fingerprint density at radius 2 is 1.63 bits per heavy atom. The van der Waals surface area contributed by atoms with Crippen molar-refractivity contribution in [2.75, 3.05) is 0 Å². The number of aromatic nitrogens is 2. The van der Waals surface area contributed by atoms with Gasteiger partial charge in [0, 0.05) is 24.4 Å². The molecule has 7 heteroatoms. The number of carbonyl (C=O) groups is 3. The molecule has 27 heavy (non-hydrogen) atoms. The summed E-state index contributed by atoms with van der Waals surface area (Å²) in [5.74, 6) is -1.52. The van der Waals surface area contributed by atoms with E-state index in [2.05, 4.69) is 10.3 Å². The van der Waals surface area contributed by atoms with Crippen LogP contribution in [0.25, 0.3) is 11.4 Å². The Bertz CT molecular complexity index is 952. The highest BCUT2D eigenvalue weighted by atomic mass is 16.2. The number of nitrogens with zero attached hydrogens (tertiary/aromatic N) is 2. The van der Waals surface area contributed by atoms with Crippen LogP contribution in [0.4, 0.5) is 4.79 Å². The summed E-state index contributed by atoms with van der Waals surface area (Å²) >= 11 is 0. The third-order valence-corrected chi connectivity index (χ3v) is 4.03. The number of primary amides is 1. The molecule has 1 atom stereocenters. The summed E-state index contributed by atoms with van der Waals surface area (Å²) in [5.41, 5.74) is 6.69. The summed E-state index contributed by atoms with van der Waals surface area (Å²) in [6, 6.07) is 16.6. The molecule has 7 nitrogen and oxygen atoms in total. The summed E-state index contributed by atoms with van der Waals surface area (Å²) in [7, 11) is 0. The predicted molar refractivity (Wildman–Crippen MR) is 99.7 cm³/mol. The van der Waals surface area contributed by atoms with Crippen LogP contribution in [-0.4, -0.2) is 33.3 Å². The molecule has 3 N–H and O–H groups in total. The van der Waals surface area contributed by atoms with Gasteiger partial charge >= 0.3 is 6.03 Å². The van der Waals surface area contributed by atoms with Crippen LogP contribution < -0.4 is 11.1 Å². The van der Waals surface area contributed by atoms with Crippen molar-refractivity contribution in [3.8, 4) is 11.4 Å². The van der Waals surface area contributed by atoms with Crippen molar-refractivity contribution in [1.82, 2.24) is 14.9 Å². The zero-order valence-electron chi connectivity index (χ0n) is 14.4. The molecule has 3 aromatic rings. The highest BCUT2D eigenvalue weighted by Crippen LogP contribution is 2.16. The maximum absolute atomic E-state index is 12.7. The van der Waals surface area contributed by atoms with Gasteiger partial charge in [-0.2, -0.15) is 0 Å². The Kier molecular flexibility index (Phi) is 5.41. The summed E-state index contributed by atoms with van der Waals surface area (Å²) in [6.45, 7) is 0. The van der Waals surface area contributed by atoms with E-state index >= 15 is 0 Å². The van der Waals surface area contributed by atoms with Crippen LogP contribution in [0, 0.1) is 0 Å². The van der Waals surface area contributed by atoms with Gasteiger partial charge in [-0.25, -0.2) is 9.78 Å². The van der Waals surface area contributed by atoms with Gasteiger partial charge in [-0.05, 0) is 5.56 Å². The minimum atomic E-state index is -1.09. The van der Waals surface area contributed by atoms with E-state index in [1.165, 1.54) is 17.0 Å². The Balaban J connectivity index is 1.84. The molecule has 136 valence electrons. The van der Waals surface area contributed by atoms with Gasteiger partial charge < -0.3 is 11.1 Å². The topological polar surface area (TPSA) is 107 Å². The number of rotatable bonds is 6. The minimum Gasteiger partial charge on any atom is -0.363 e. The maximum atomic E-state index is 12.7. The average Bonchev–Trinajstić information content (AvgIpc) is 3.18. The number of Topliss-reactive ketones (excluding diaryl/α,β-unsaturated/α-hetero) is 1. The number of nitrogens with one attached hydrogen (secondary N) is 1. The van der Waals surface area contributed by atoms with E-state index in [-0.39, 0.29) is 6.42 Å². The van der Waals surface area contributed by atoms with Crippen LogP contribution in [0.2, 0.25) is 0 Å². The van der Waals surface area contributed by atoms with Gasteiger partial charge in [0.15, 0.2) is 0 Å². The predicted octanol–water partition coefficient (Wildman–Crippen LogP) is 1.77. The first-order valence-corrected chi connectivity index (χ1v) is 8.33. The first-order chi connectivity index (χ1) is 13.1. The Morgan fingerprint density at radius 3 is 2.26 bits per heavy atom. The molecule has 3 rings (SSSR count). The fourth-order valence-electron chi connectivity index (χ4n) is 2.72. The third-order valence-electron chi connectivity index (χ3n) is 4.03. The molecule has 2 aromatic carbocycles. The summed E-state index contributed by atoms with van der Waals surface area (Å²) in [6.07, 6.45) is 3.14. The third kappa shape index (κ3) is 4.27. The van der Waals surface area contributed by atoms with Gasteiger partial charge in [-0.3, -0.25) is 14.2 Å². The molecular formula is C20H18N4O3. The maximum Gasteiger partial charge on any atom is 0.327 e. The molecular weight excluding hydrogens is 344 g/mol. The van der Waals surface area contributed by atoms with Crippen molar-refractivity contribution in [3.05, 3.63) is 78.6 Å². The number of imidazole rings is 1. The molecule has 0 aliphatic heterocycles. The molecule has 1 unspecified atom stereocenters. The van der Waals surface area contributed by atoms with Gasteiger partial charge in [0.25, 0.3) is 5.91 Å². The van der Waals surface area contributed by atoms with E-state index in [0.29, 0.717) is 5.82 Å². The van der Waals surface area contributed by atoms with Crippen LogP contribution in [-0.2, 0) is 16.0 Å². The monoisotopic (exact) mass is 362 g/mol. The van der Waals surface area contributed by atoms with Crippen molar-refractivity contribution in [2.24, 2.45) is 5.73 Å². The van der Waals surface area contributed by atoms with E-state index in [4.69, 9.17) is 5.73 Å². The highest BCUT2D eigenvalue weighted by molar-refractivity contribution is 6.37. The average molecular weight is 362 g/mol. The van der Waals surface area contributed by atoms with Crippen molar-refractivity contribution in [3.63, 3.8) is 0 Å². The minimum absolute atomic E-state index is 0.156. The Hall–Kier alpha value is -3.74. The fraction of sp³-hybridized carbons (Fsp3) is 0.100. The number of carbonyl (C=O) groups excluding carboxylic acids is 3.